The summed E-state index contributed by atoms with van der Waals surface area (Å²) in [6.07, 6.45) is 2.31. The number of hydrogen-bond acceptors (Lipinski definition) is 5. The third-order valence-corrected chi connectivity index (χ3v) is 3.71. The van der Waals surface area contributed by atoms with Crippen LogP contribution in [-0.4, -0.2) is 33.7 Å². The first kappa shape index (κ1) is 13.9. The van der Waals surface area contributed by atoms with Gasteiger partial charge in [-0.15, -0.1) is 0 Å². The van der Waals surface area contributed by atoms with Crippen LogP contribution >= 0.6 is 0 Å². The molecule has 0 spiro atoms. The van der Waals surface area contributed by atoms with Crippen LogP contribution in [0.3, 0.4) is 0 Å². The lowest BCUT2D eigenvalue weighted by Gasteiger charge is -2.17. The van der Waals surface area contributed by atoms with Crippen molar-refractivity contribution in [1.29, 1.82) is 0 Å². The van der Waals surface area contributed by atoms with Gasteiger partial charge in [-0.1, -0.05) is 24.3 Å². The van der Waals surface area contributed by atoms with Gasteiger partial charge in [0.25, 0.3) is 0 Å². The van der Waals surface area contributed by atoms with Crippen molar-refractivity contribution in [3.05, 3.63) is 35.4 Å². The monoisotopic (exact) mass is 281 g/mol. The zero-order chi connectivity index (χ0) is 13.7. The molecule has 0 fully saturated rings. The summed E-state index contributed by atoms with van der Waals surface area (Å²) in [7, 11) is -3.02. The normalized spacial score (nSPS) is 15.5. The van der Waals surface area contributed by atoms with Crippen molar-refractivity contribution in [2.45, 2.75) is 18.7 Å². The van der Waals surface area contributed by atoms with Gasteiger partial charge in [0.05, 0.1) is 5.75 Å². The van der Waals surface area contributed by atoms with Crippen molar-refractivity contribution in [2.24, 2.45) is 4.99 Å². The van der Waals surface area contributed by atoms with Gasteiger partial charge in [0, 0.05) is 25.9 Å². The van der Waals surface area contributed by atoms with E-state index in [0.29, 0.717) is 6.54 Å². The quantitative estimate of drug-likeness (QED) is 0.851. The molecule has 6 heteroatoms. The first-order valence-electron chi connectivity index (χ1n) is 6.31. The highest BCUT2D eigenvalue weighted by molar-refractivity contribution is 7.89. The van der Waals surface area contributed by atoms with Gasteiger partial charge in [-0.2, -0.15) is 0 Å². The van der Waals surface area contributed by atoms with Crippen molar-refractivity contribution in [2.75, 3.05) is 19.3 Å². The first-order chi connectivity index (χ1) is 9.04. The molecule has 1 aromatic rings. The molecule has 5 nitrogen and oxygen atoms in total. The number of guanidine groups is 1. The summed E-state index contributed by atoms with van der Waals surface area (Å²) in [6, 6.07) is 7.57. The van der Waals surface area contributed by atoms with Gasteiger partial charge >= 0.3 is 0 Å². The van der Waals surface area contributed by atoms with Crippen LogP contribution in [0.25, 0.3) is 0 Å². The Bertz CT molecular complexity index is 567. The molecule has 0 aromatic heterocycles. The maximum atomic E-state index is 11.4. The Kier molecular flexibility index (Phi) is 4.42. The van der Waals surface area contributed by atoms with E-state index in [9.17, 15) is 8.42 Å². The minimum absolute atomic E-state index is 0.0742. The van der Waals surface area contributed by atoms with Gasteiger partial charge in [-0.3, -0.25) is 4.99 Å². The topological polar surface area (TPSA) is 70.6 Å². The van der Waals surface area contributed by atoms with Crippen molar-refractivity contribution in [1.82, 2.24) is 10.6 Å². The minimum Gasteiger partial charge on any atom is -0.356 e. The molecule has 0 atom stereocenters. The average molecular weight is 281 g/mol. The first-order valence-corrected chi connectivity index (χ1v) is 8.37. The van der Waals surface area contributed by atoms with Gasteiger partial charge in [-0.05, 0) is 17.5 Å². The zero-order valence-corrected chi connectivity index (χ0v) is 11.8. The van der Waals surface area contributed by atoms with Crippen LogP contribution < -0.4 is 10.6 Å². The van der Waals surface area contributed by atoms with E-state index in [-0.39, 0.29) is 5.75 Å². The molecular weight excluding hydrogens is 262 g/mol. The van der Waals surface area contributed by atoms with Crippen LogP contribution in [0.15, 0.2) is 29.3 Å². The molecule has 0 saturated heterocycles. The van der Waals surface area contributed by atoms with Gasteiger partial charge in [0.1, 0.15) is 0 Å². The Morgan fingerprint density at radius 3 is 2.68 bits per heavy atom. The van der Waals surface area contributed by atoms with Crippen LogP contribution in [0, 0.1) is 0 Å². The number of nitrogens with zero attached hydrogens (tertiary/aromatic N) is 1. The maximum Gasteiger partial charge on any atom is 0.191 e. The number of nitrogens with one attached hydrogen (secondary N) is 2. The van der Waals surface area contributed by atoms with Crippen LogP contribution in [0.4, 0.5) is 0 Å². The number of aliphatic imine (C=N–C) groups is 1. The number of rotatable bonds is 4. The van der Waals surface area contributed by atoms with Crippen LogP contribution in [0.5, 0.6) is 0 Å². The minimum atomic E-state index is -3.02. The van der Waals surface area contributed by atoms with Crippen molar-refractivity contribution < 1.29 is 8.42 Å². The highest BCUT2D eigenvalue weighted by Crippen LogP contribution is 2.12. The number of sulfone groups is 1. The number of hydrogen-bond donors (Lipinski definition) is 2. The van der Waals surface area contributed by atoms with Gasteiger partial charge in [-0.25, -0.2) is 8.42 Å². The molecule has 1 aliphatic heterocycles. The highest BCUT2D eigenvalue weighted by atomic mass is 32.2. The predicted octanol–water partition coefficient (Wildman–Crippen LogP) is 0.670. The fraction of sp³-hybridized carbons (Fsp3) is 0.462. The molecule has 1 aromatic carbocycles. The van der Waals surface area contributed by atoms with Gasteiger partial charge in [0.2, 0.25) is 0 Å². The Balaban J connectivity index is 2.05. The number of benzene rings is 1. The third kappa shape index (κ3) is 4.55. The van der Waals surface area contributed by atoms with E-state index in [1.165, 1.54) is 6.26 Å². The molecule has 2 N–H and O–H groups in total. The van der Waals surface area contributed by atoms with E-state index in [2.05, 4.69) is 15.6 Å². The van der Waals surface area contributed by atoms with E-state index in [0.717, 1.165) is 36.6 Å². The van der Waals surface area contributed by atoms with E-state index in [1.807, 2.05) is 24.3 Å². The summed E-state index contributed by atoms with van der Waals surface area (Å²) >= 11 is 0. The summed E-state index contributed by atoms with van der Waals surface area (Å²) < 4.78 is 22.8. The fourth-order valence-corrected chi connectivity index (χ4v) is 2.83. The Morgan fingerprint density at radius 2 is 2.05 bits per heavy atom. The molecule has 0 saturated carbocycles. The average Bonchev–Trinajstić information content (AvgIpc) is 2.37. The Hall–Kier alpha value is -1.56. The van der Waals surface area contributed by atoms with E-state index in [4.69, 9.17) is 0 Å². The standard InChI is InChI=1S/C13H19N3O2S/c1-19(17,18)10-12-6-3-2-5-11(12)9-16-13-14-7-4-8-15-13/h2-3,5-6H,4,7-10H2,1H3,(H2,14,15,16). The van der Waals surface area contributed by atoms with Crippen molar-refractivity contribution in [3.63, 3.8) is 0 Å². The van der Waals surface area contributed by atoms with Gasteiger partial charge in [0.15, 0.2) is 15.8 Å². The predicted molar refractivity (Wildman–Crippen MR) is 76.8 cm³/mol. The lowest BCUT2D eigenvalue weighted by molar-refractivity contribution is 0.601. The van der Waals surface area contributed by atoms with Crippen LogP contribution in [0.2, 0.25) is 0 Å². The maximum absolute atomic E-state index is 11.4. The largest absolute Gasteiger partial charge is 0.356 e. The lowest BCUT2D eigenvalue weighted by atomic mass is 10.1. The molecule has 19 heavy (non-hydrogen) atoms. The van der Waals surface area contributed by atoms with Crippen molar-refractivity contribution in [3.8, 4) is 0 Å². The van der Waals surface area contributed by atoms with Crippen LogP contribution in [-0.2, 0) is 22.1 Å². The highest BCUT2D eigenvalue weighted by Gasteiger charge is 2.10. The SMILES string of the molecule is CS(=O)(=O)Cc1ccccc1CNC1=NCCCN1. The second kappa shape index (κ2) is 6.06. The lowest BCUT2D eigenvalue weighted by Crippen LogP contribution is -2.40. The second-order valence-electron chi connectivity index (χ2n) is 4.70. The summed E-state index contributed by atoms with van der Waals surface area (Å²) in [4.78, 5) is 4.32. The Morgan fingerprint density at radius 1 is 1.32 bits per heavy atom. The fourth-order valence-electron chi connectivity index (χ4n) is 1.98. The summed E-state index contributed by atoms with van der Waals surface area (Å²) in [5, 5.41) is 6.39. The molecule has 0 unspecified atom stereocenters. The molecule has 1 heterocycles. The van der Waals surface area contributed by atoms with Crippen LogP contribution in [0.1, 0.15) is 17.5 Å². The molecule has 0 radical (unpaired) electrons. The van der Waals surface area contributed by atoms with E-state index in [1.54, 1.807) is 0 Å². The van der Waals surface area contributed by atoms with Gasteiger partial charge < -0.3 is 10.6 Å². The molecule has 0 amide bonds. The van der Waals surface area contributed by atoms with E-state index >= 15 is 0 Å². The Labute approximate surface area is 114 Å². The van der Waals surface area contributed by atoms with Crippen molar-refractivity contribution >= 4 is 15.8 Å². The third-order valence-electron chi connectivity index (χ3n) is 2.88. The molecule has 1 aliphatic rings. The molecule has 0 bridgehead atoms. The summed E-state index contributed by atoms with van der Waals surface area (Å²) in [6.45, 7) is 2.34. The van der Waals surface area contributed by atoms with E-state index < -0.39 is 9.84 Å². The summed E-state index contributed by atoms with van der Waals surface area (Å²) in [5.74, 6) is 0.866. The molecule has 2 rings (SSSR count). The summed E-state index contributed by atoms with van der Waals surface area (Å²) in [5.41, 5.74) is 1.83. The molecule has 104 valence electrons. The smallest absolute Gasteiger partial charge is 0.191 e. The molecule has 0 aliphatic carbocycles. The second-order valence-corrected chi connectivity index (χ2v) is 6.84. The molecular formula is C13H19N3O2S. The zero-order valence-electron chi connectivity index (χ0n) is 11.0.